The molecular formula is C20H22F3N3O. The van der Waals surface area contributed by atoms with E-state index in [4.69, 9.17) is 0 Å². The number of aromatic nitrogens is 2. The second kappa shape index (κ2) is 5.84. The van der Waals surface area contributed by atoms with E-state index in [1.807, 2.05) is 13.8 Å². The van der Waals surface area contributed by atoms with Crippen LogP contribution in [0.5, 0.6) is 0 Å². The third-order valence-electron chi connectivity index (χ3n) is 5.76. The third-order valence-corrected chi connectivity index (χ3v) is 5.76. The molecule has 2 aliphatic carbocycles. The Bertz CT molecular complexity index is 894. The molecule has 1 atom stereocenters. The number of alkyl halides is 2. The fourth-order valence-electron chi connectivity index (χ4n) is 3.85. The van der Waals surface area contributed by atoms with E-state index in [1.54, 1.807) is 19.2 Å². The minimum atomic E-state index is -2.68. The zero-order valence-electron chi connectivity index (χ0n) is 15.5. The predicted molar refractivity (Wildman–Crippen MR) is 96.0 cm³/mol. The maximum Gasteiger partial charge on any atom is 0.249 e. The van der Waals surface area contributed by atoms with E-state index in [9.17, 15) is 18.0 Å². The number of rotatable bonds is 4. The molecule has 1 aromatic heterocycles. The first-order valence-corrected chi connectivity index (χ1v) is 9.09. The Balaban J connectivity index is 1.72. The van der Waals surface area contributed by atoms with Crippen molar-refractivity contribution in [3.8, 4) is 11.1 Å². The number of hydrogen-bond donors (Lipinski definition) is 1. The first-order valence-electron chi connectivity index (χ1n) is 9.09. The first kappa shape index (κ1) is 18.1. The average Bonchev–Trinajstić information content (AvgIpc) is 3.09. The number of amides is 1. The molecule has 1 heterocycles. The molecule has 0 unspecified atom stereocenters. The molecule has 7 heteroatoms. The quantitative estimate of drug-likeness (QED) is 0.838. The third kappa shape index (κ3) is 3.24. The van der Waals surface area contributed by atoms with Gasteiger partial charge >= 0.3 is 0 Å². The molecule has 0 saturated heterocycles. The summed E-state index contributed by atoms with van der Waals surface area (Å²) < 4.78 is 41.7. The van der Waals surface area contributed by atoms with Gasteiger partial charge in [-0.15, -0.1) is 0 Å². The molecule has 2 aromatic rings. The van der Waals surface area contributed by atoms with E-state index < -0.39 is 5.92 Å². The number of nitrogens with one attached hydrogen (secondary N) is 1. The molecule has 144 valence electrons. The highest BCUT2D eigenvalue weighted by molar-refractivity contribution is 5.98. The van der Waals surface area contributed by atoms with Crippen LogP contribution in [0.2, 0.25) is 0 Å². The highest BCUT2D eigenvalue weighted by atomic mass is 19.3. The van der Waals surface area contributed by atoms with Crippen LogP contribution >= 0.6 is 0 Å². The number of anilines is 1. The lowest BCUT2D eigenvalue weighted by Gasteiger charge is -2.34. The summed E-state index contributed by atoms with van der Waals surface area (Å²) in [6.07, 6.45) is 0.284. The SMILES string of the molecule is Cn1nc(C2CC(F)(F)C2)c(-c2ccc(F)cc2)c1NC(=O)[C@H]1CC1(C)C. The van der Waals surface area contributed by atoms with Crippen LogP contribution in [0.25, 0.3) is 11.1 Å². The number of carbonyl (C=O) groups excluding carboxylic acids is 1. The fraction of sp³-hybridized carbons (Fsp3) is 0.500. The maximum atomic E-state index is 13.4. The van der Waals surface area contributed by atoms with E-state index in [1.165, 1.54) is 16.8 Å². The van der Waals surface area contributed by atoms with Crippen LogP contribution in [0.4, 0.5) is 19.0 Å². The summed E-state index contributed by atoms with van der Waals surface area (Å²) in [7, 11) is 1.68. The number of aryl methyl sites for hydroxylation is 1. The Kier molecular flexibility index (Phi) is 3.91. The van der Waals surface area contributed by atoms with Gasteiger partial charge in [0, 0.05) is 37.3 Å². The molecular weight excluding hydrogens is 355 g/mol. The van der Waals surface area contributed by atoms with Crippen molar-refractivity contribution in [1.29, 1.82) is 0 Å². The van der Waals surface area contributed by atoms with Crippen molar-refractivity contribution in [1.82, 2.24) is 9.78 Å². The largest absolute Gasteiger partial charge is 0.310 e. The Morgan fingerprint density at radius 3 is 2.30 bits per heavy atom. The average molecular weight is 377 g/mol. The van der Waals surface area contributed by atoms with Gasteiger partial charge in [-0.25, -0.2) is 13.2 Å². The van der Waals surface area contributed by atoms with Gasteiger partial charge in [0.15, 0.2) is 0 Å². The van der Waals surface area contributed by atoms with Crippen LogP contribution in [-0.2, 0) is 11.8 Å². The van der Waals surface area contributed by atoms with Crippen molar-refractivity contribution in [3.05, 3.63) is 35.8 Å². The number of benzene rings is 1. The summed E-state index contributed by atoms with van der Waals surface area (Å²) in [5.74, 6) is -3.15. The summed E-state index contributed by atoms with van der Waals surface area (Å²) in [5.41, 5.74) is 1.75. The van der Waals surface area contributed by atoms with Gasteiger partial charge in [0.2, 0.25) is 11.8 Å². The van der Waals surface area contributed by atoms with Crippen LogP contribution < -0.4 is 5.32 Å². The molecule has 2 aliphatic rings. The van der Waals surface area contributed by atoms with Gasteiger partial charge in [-0.05, 0) is 29.5 Å². The van der Waals surface area contributed by atoms with Crippen molar-refractivity contribution in [3.63, 3.8) is 0 Å². The van der Waals surface area contributed by atoms with Crippen molar-refractivity contribution >= 4 is 11.7 Å². The van der Waals surface area contributed by atoms with Gasteiger partial charge in [0.25, 0.3) is 0 Å². The topological polar surface area (TPSA) is 46.9 Å². The molecule has 4 nitrogen and oxygen atoms in total. The van der Waals surface area contributed by atoms with Crippen molar-refractivity contribution in [2.75, 3.05) is 5.32 Å². The zero-order chi connectivity index (χ0) is 19.6. The number of hydrogen-bond acceptors (Lipinski definition) is 2. The van der Waals surface area contributed by atoms with Gasteiger partial charge in [-0.3, -0.25) is 9.48 Å². The predicted octanol–water partition coefficient (Wildman–Crippen LogP) is 4.72. The smallest absolute Gasteiger partial charge is 0.249 e. The van der Waals surface area contributed by atoms with Gasteiger partial charge in [-0.1, -0.05) is 26.0 Å². The summed E-state index contributed by atoms with van der Waals surface area (Å²) >= 11 is 0. The number of carbonyl (C=O) groups is 1. The molecule has 27 heavy (non-hydrogen) atoms. The van der Waals surface area contributed by atoms with Crippen molar-refractivity contribution < 1.29 is 18.0 Å². The van der Waals surface area contributed by atoms with Gasteiger partial charge in [-0.2, -0.15) is 5.10 Å². The van der Waals surface area contributed by atoms with Crippen molar-refractivity contribution in [2.24, 2.45) is 18.4 Å². The van der Waals surface area contributed by atoms with Gasteiger partial charge in [0.1, 0.15) is 11.6 Å². The normalized spacial score (nSPS) is 23.0. The van der Waals surface area contributed by atoms with Crippen LogP contribution in [0, 0.1) is 17.2 Å². The Morgan fingerprint density at radius 2 is 1.78 bits per heavy atom. The Morgan fingerprint density at radius 1 is 1.19 bits per heavy atom. The van der Waals surface area contributed by atoms with Crippen molar-refractivity contribution in [2.45, 2.75) is 45.0 Å². The van der Waals surface area contributed by atoms with Crippen LogP contribution in [0.3, 0.4) is 0 Å². The summed E-state index contributed by atoms with van der Waals surface area (Å²) in [6, 6.07) is 5.81. The summed E-state index contributed by atoms with van der Waals surface area (Å²) in [6.45, 7) is 4.06. The molecule has 0 spiro atoms. The summed E-state index contributed by atoms with van der Waals surface area (Å²) in [4.78, 5) is 12.6. The monoisotopic (exact) mass is 377 g/mol. The molecule has 0 radical (unpaired) electrons. The van der Waals surface area contributed by atoms with E-state index in [2.05, 4.69) is 10.4 Å². The molecule has 1 aromatic carbocycles. The summed E-state index contributed by atoms with van der Waals surface area (Å²) in [5, 5.41) is 7.37. The molecule has 1 N–H and O–H groups in total. The maximum absolute atomic E-state index is 13.4. The van der Waals surface area contributed by atoms with Crippen LogP contribution in [0.1, 0.15) is 44.7 Å². The highest BCUT2D eigenvalue weighted by Gasteiger charge is 2.51. The number of halogens is 3. The van der Waals surface area contributed by atoms with Crippen LogP contribution in [0.15, 0.2) is 24.3 Å². The van der Waals surface area contributed by atoms with E-state index in [0.717, 1.165) is 6.42 Å². The second-order valence-electron chi connectivity index (χ2n) is 8.44. The molecule has 2 fully saturated rings. The number of nitrogens with zero attached hydrogens (tertiary/aromatic N) is 2. The molecule has 0 aliphatic heterocycles. The second-order valence-corrected chi connectivity index (χ2v) is 8.44. The highest BCUT2D eigenvalue weighted by Crippen LogP contribution is 2.53. The Hall–Kier alpha value is -2.31. The minimum Gasteiger partial charge on any atom is -0.310 e. The van der Waals surface area contributed by atoms with E-state index in [0.29, 0.717) is 22.6 Å². The zero-order valence-corrected chi connectivity index (χ0v) is 15.5. The van der Waals surface area contributed by atoms with Gasteiger partial charge in [0.05, 0.1) is 5.69 Å². The fourth-order valence-corrected chi connectivity index (χ4v) is 3.85. The minimum absolute atomic E-state index is 0.0302. The lowest BCUT2D eigenvalue weighted by atomic mass is 9.77. The van der Waals surface area contributed by atoms with Gasteiger partial charge < -0.3 is 5.32 Å². The Labute approximate surface area is 155 Å². The molecule has 1 amide bonds. The van der Waals surface area contributed by atoms with Crippen LogP contribution in [-0.4, -0.2) is 21.6 Å². The first-order chi connectivity index (χ1) is 12.6. The lowest BCUT2D eigenvalue weighted by molar-refractivity contribution is -0.118. The molecule has 2 saturated carbocycles. The standard InChI is InChI=1S/C20H22F3N3O/c1-19(2)10-14(19)18(27)24-17-15(11-4-6-13(21)7-5-11)16(25-26(17)3)12-8-20(22,23)9-12/h4-7,12,14H,8-10H2,1-3H3,(H,24,27)/t14-/m1/s1. The lowest BCUT2D eigenvalue weighted by Crippen LogP contribution is -2.34. The molecule has 4 rings (SSSR count). The van der Waals surface area contributed by atoms with E-state index >= 15 is 0 Å². The van der Waals surface area contributed by atoms with E-state index in [-0.39, 0.29) is 41.8 Å². The molecule has 0 bridgehead atoms.